The van der Waals surface area contributed by atoms with Crippen LogP contribution in [0.3, 0.4) is 0 Å². The van der Waals surface area contributed by atoms with E-state index in [0.29, 0.717) is 0 Å². The molecule has 1 heterocycles. The third-order valence-corrected chi connectivity index (χ3v) is 2.70. The zero-order chi connectivity index (χ0) is 11.1. The molecule has 0 amide bonds. The Morgan fingerprint density at radius 1 is 1.40 bits per heavy atom. The molecule has 0 aliphatic carbocycles. The number of thiol groups is 2. The molecule has 0 bridgehead atoms. The fraction of sp³-hybridized carbons (Fsp3) is 0.667. The number of nitrogens with zero attached hydrogens (tertiary/aromatic N) is 2. The molecule has 0 unspecified atom stereocenters. The lowest BCUT2D eigenvalue weighted by atomic mass is 10.2. The molecule has 1 aliphatic heterocycles. The van der Waals surface area contributed by atoms with Crippen molar-refractivity contribution in [1.29, 1.82) is 0 Å². The fourth-order valence-electron chi connectivity index (χ4n) is 1.26. The maximum absolute atomic E-state index is 4.44. The average molecular weight is 246 g/mol. The summed E-state index contributed by atoms with van der Waals surface area (Å²) in [5, 5.41) is 0. The molecule has 0 spiro atoms. The molecule has 15 heavy (non-hydrogen) atoms. The van der Waals surface area contributed by atoms with Crippen LogP contribution in [0.1, 0.15) is 32.6 Å². The second-order valence-corrected chi connectivity index (χ2v) is 4.25. The van der Waals surface area contributed by atoms with Gasteiger partial charge in [-0.25, -0.2) is 4.41 Å². The second-order valence-electron chi connectivity index (χ2n) is 3.36. The van der Waals surface area contributed by atoms with Gasteiger partial charge in [0.2, 0.25) is 0 Å². The number of unbranched alkanes of at least 4 members (excludes halogenated alkanes) is 3. The molecule has 1 aliphatic rings. The van der Waals surface area contributed by atoms with E-state index in [9.17, 15) is 0 Å². The van der Waals surface area contributed by atoms with Crippen LogP contribution in [-0.2, 0) is 0 Å². The lowest BCUT2D eigenvalue weighted by molar-refractivity contribution is 0.433. The Morgan fingerprint density at radius 3 is 2.87 bits per heavy atom. The van der Waals surface area contributed by atoms with Gasteiger partial charge in [0, 0.05) is 12.7 Å². The van der Waals surface area contributed by atoms with Crippen molar-refractivity contribution in [2.75, 3.05) is 6.54 Å². The Balaban J connectivity index is 2.36. The van der Waals surface area contributed by atoms with E-state index in [1.807, 2.05) is 0 Å². The topological polar surface area (TPSA) is 39.7 Å². The number of hydrogen-bond acceptors (Lipinski definition) is 5. The molecule has 0 atom stereocenters. The summed E-state index contributed by atoms with van der Waals surface area (Å²) in [4.78, 5) is 5.23. The molecule has 0 saturated heterocycles. The van der Waals surface area contributed by atoms with Crippen LogP contribution >= 0.6 is 25.4 Å². The van der Waals surface area contributed by atoms with Crippen molar-refractivity contribution in [3.8, 4) is 0 Å². The van der Waals surface area contributed by atoms with Gasteiger partial charge in [-0.2, -0.15) is 0 Å². The predicted molar refractivity (Wildman–Crippen MR) is 70.6 cm³/mol. The molecular formula is C9H18N4S2. The lowest BCUT2D eigenvalue weighted by Gasteiger charge is -2.24. The number of hydrazine groups is 2. The molecule has 0 aromatic rings. The largest absolute Gasteiger partial charge is 0.309 e. The van der Waals surface area contributed by atoms with E-state index >= 15 is 0 Å². The van der Waals surface area contributed by atoms with Crippen LogP contribution < -0.4 is 11.0 Å². The zero-order valence-electron chi connectivity index (χ0n) is 8.90. The molecule has 6 heteroatoms. The second kappa shape index (κ2) is 7.03. The molecular weight excluding hydrogens is 228 g/mol. The molecule has 0 aromatic carbocycles. The van der Waals surface area contributed by atoms with Gasteiger partial charge in [0.1, 0.15) is 0 Å². The summed E-state index contributed by atoms with van der Waals surface area (Å²) in [6, 6.07) is 0. The van der Waals surface area contributed by atoms with Crippen molar-refractivity contribution in [2.24, 2.45) is 4.99 Å². The van der Waals surface area contributed by atoms with Gasteiger partial charge >= 0.3 is 0 Å². The SMILES string of the molecule is CCCCCCN=C1C(S)=CNNN1S. The van der Waals surface area contributed by atoms with Gasteiger partial charge in [0.15, 0.2) is 5.84 Å². The van der Waals surface area contributed by atoms with Crippen LogP contribution in [0.15, 0.2) is 16.1 Å². The summed E-state index contributed by atoms with van der Waals surface area (Å²) in [5.41, 5.74) is 5.61. The first-order chi connectivity index (χ1) is 7.25. The van der Waals surface area contributed by atoms with Crippen molar-refractivity contribution < 1.29 is 0 Å². The highest BCUT2D eigenvalue weighted by Crippen LogP contribution is 2.11. The molecule has 86 valence electrons. The highest BCUT2D eigenvalue weighted by atomic mass is 32.1. The minimum atomic E-state index is 0.761. The minimum Gasteiger partial charge on any atom is -0.309 e. The Hall–Kier alpha value is -0.330. The van der Waals surface area contributed by atoms with Gasteiger partial charge in [-0.1, -0.05) is 26.2 Å². The first kappa shape index (κ1) is 12.7. The van der Waals surface area contributed by atoms with Crippen LogP contribution in [0, 0.1) is 0 Å². The third-order valence-electron chi connectivity index (χ3n) is 2.08. The molecule has 2 N–H and O–H groups in total. The van der Waals surface area contributed by atoms with E-state index in [0.717, 1.165) is 23.7 Å². The molecule has 0 aromatic heterocycles. The van der Waals surface area contributed by atoms with Gasteiger partial charge in [-0.3, -0.25) is 4.99 Å². The van der Waals surface area contributed by atoms with Crippen molar-refractivity contribution in [2.45, 2.75) is 32.6 Å². The lowest BCUT2D eigenvalue weighted by Crippen LogP contribution is -2.46. The van der Waals surface area contributed by atoms with Crippen LogP contribution in [0.5, 0.6) is 0 Å². The zero-order valence-corrected chi connectivity index (χ0v) is 10.7. The first-order valence-corrected chi connectivity index (χ1v) is 6.04. The van der Waals surface area contributed by atoms with E-state index in [1.54, 1.807) is 6.20 Å². The Kier molecular flexibility index (Phi) is 5.97. The monoisotopic (exact) mass is 246 g/mol. The van der Waals surface area contributed by atoms with E-state index in [2.05, 4.69) is 48.3 Å². The average Bonchev–Trinajstić information content (AvgIpc) is 2.21. The molecule has 0 radical (unpaired) electrons. The van der Waals surface area contributed by atoms with E-state index < -0.39 is 0 Å². The van der Waals surface area contributed by atoms with Crippen molar-refractivity contribution in [3.63, 3.8) is 0 Å². The Morgan fingerprint density at radius 2 is 2.20 bits per heavy atom. The maximum Gasteiger partial charge on any atom is 0.165 e. The summed E-state index contributed by atoms with van der Waals surface area (Å²) in [7, 11) is 0. The third kappa shape index (κ3) is 4.36. The highest BCUT2D eigenvalue weighted by molar-refractivity contribution is 7.86. The summed E-state index contributed by atoms with van der Waals surface area (Å²) in [6.45, 7) is 3.03. The maximum atomic E-state index is 4.44. The van der Waals surface area contributed by atoms with Gasteiger partial charge < -0.3 is 5.43 Å². The molecule has 0 saturated carbocycles. The normalized spacial score (nSPS) is 19.0. The van der Waals surface area contributed by atoms with Gasteiger partial charge in [-0.05, 0) is 19.2 Å². The summed E-state index contributed by atoms with van der Waals surface area (Å²) < 4.78 is 1.53. The fourth-order valence-corrected chi connectivity index (χ4v) is 1.80. The van der Waals surface area contributed by atoms with Gasteiger partial charge in [0.25, 0.3) is 0 Å². The van der Waals surface area contributed by atoms with Crippen molar-refractivity contribution in [1.82, 2.24) is 15.4 Å². The van der Waals surface area contributed by atoms with E-state index in [-0.39, 0.29) is 0 Å². The summed E-state index contributed by atoms with van der Waals surface area (Å²) in [6.07, 6.45) is 6.63. The number of aliphatic imine (C=N–C) groups is 1. The summed E-state index contributed by atoms with van der Waals surface area (Å²) >= 11 is 8.49. The van der Waals surface area contributed by atoms with Gasteiger partial charge in [-0.15, -0.1) is 18.2 Å². The number of hydrogen-bond donors (Lipinski definition) is 4. The van der Waals surface area contributed by atoms with E-state index in [4.69, 9.17) is 0 Å². The molecule has 1 rings (SSSR count). The van der Waals surface area contributed by atoms with Crippen molar-refractivity contribution in [3.05, 3.63) is 11.1 Å². The number of rotatable bonds is 5. The first-order valence-electron chi connectivity index (χ1n) is 5.20. The standard InChI is InChI=1S/C9H18N4S2/c1-2-3-4-5-6-10-9-8(14)7-11-12-13(9)15/h7,11-12,14-15H,2-6H2,1H3. The van der Waals surface area contributed by atoms with Gasteiger partial charge in [0.05, 0.1) is 4.91 Å². The van der Waals surface area contributed by atoms with Crippen LogP contribution in [0.2, 0.25) is 0 Å². The van der Waals surface area contributed by atoms with E-state index in [1.165, 1.54) is 23.7 Å². The number of nitrogens with one attached hydrogen (secondary N) is 2. The van der Waals surface area contributed by atoms with Crippen LogP contribution in [0.25, 0.3) is 0 Å². The molecule has 0 fully saturated rings. The quantitative estimate of drug-likeness (QED) is 0.442. The highest BCUT2D eigenvalue weighted by Gasteiger charge is 2.13. The Labute approximate surface area is 102 Å². The van der Waals surface area contributed by atoms with Crippen LogP contribution in [-0.4, -0.2) is 16.8 Å². The summed E-state index contributed by atoms with van der Waals surface area (Å²) in [5.74, 6) is 0.761. The molecule has 4 nitrogen and oxygen atoms in total. The minimum absolute atomic E-state index is 0.761. The van der Waals surface area contributed by atoms with Crippen molar-refractivity contribution >= 4 is 31.3 Å². The van der Waals surface area contributed by atoms with Crippen LogP contribution in [0.4, 0.5) is 0 Å². The smallest absolute Gasteiger partial charge is 0.165 e. The Bertz CT molecular complexity index is 252. The predicted octanol–water partition coefficient (Wildman–Crippen LogP) is 1.91. The number of amidine groups is 1.